The van der Waals surface area contributed by atoms with Crippen molar-refractivity contribution in [3.63, 3.8) is 0 Å². The highest BCUT2D eigenvalue weighted by Gasteiger charge is 2.12. The van der Waals surface area contributed by atoms with Gasteiger partial charge < -0.3 is 20.9 Å². The van der Waals surface area contributed by atoms with E-state index < -0.39 is 0 Å². The molecule has 0 aliphatic carbocycles. The predicted molar refractivity (Wildman–Crippen MR) is 104 cm³/mol. The smallest absolute Gasteiger partial charge is 0.129 e. The summed E-state index contributed by atoms with van der Waals surface area (Å²) in [6.45, 7) is 10.4. The second kappa shape index (κ2) is 8.62. The Morgan fingerprint density at radius 3 is 1.92 bits per heavy atom. The van der Waals surface area contributed by atoms with E-state index in [2.05, 4.69) is 32.6 Å². The summed E-state index contributed by atoms with van der Waals surface area (Å²) in [5.41, 5.74) is 12.6. The van der Waals surface area contributed by atoms with Gasteiger partial charge in [-0.2, -0.15) is 0 Å². The first-order valence-electron chi connectivity index (χ1n) is 8.68. The molecular formula is C20H29N3O2. The second-order valence-corrected chi connectivity index (χ2v) is 6.64. The number of nitrogen functional groups attached to an aromatic ring is 2. The SMILES string of the molecule is CC(C)N(CCOc1ccc(Oc2ccc(N)c(N)c2)cc1)C(C)C. The summed E-state index contributed by atoms with van der Waals surface area (Å²) in [5.74, 6) is 2.21. The molecule has 0 fully saturated rings. The van der Waals surface area contributed by atoms with Crippen molar-refractivity contribution >= 4 is 11.4 Å². The van der Waals surface area contributed by atoms with Gasteiger partial charge in [0.1, 0.15) is 23.9 Å². The number of rotatable bonds is 8. The van der Waals surface area contributed by atoms with Crippen LogP contribution in [0.2, 0.25) is 0 Å². The molecule has 2 aromatic rings. The Labute approximate surface area is 150 Å². The zero-order valence-electron chi connectivity index (χ0n) is 15.5. The molecule has 2 rings (SSSR count). The van der Waals surface area contributed by atoms with Crippen LogP contribution >= 0.6 is 0 Å². The summed E-state index contributed by atoms with van der Waals surface area (Å²) in [4.78, 5) is 2.41. The summed E-state index contributed by atoms with van der Waals surface area (Å²) in [7, 11) is 0. The Balaban J connectivity index is 1.88. The Morgan fingerprint density at radius 2 is 1.36 bits per heavy atom. The lowest BCUT2D eigenvalue weighted by Gasteiger charge is -2.30. The van der Waals surface area contributed by atoms with Crippen LogP contribution < -0.4 is 20.9 Å². The van der Waals surface area contributed by atoms with E-state index in [1.165, 1.54) is 0 Å². The fourth-order valence-electron chi connectivity index (χ4n) is 2.74. The summed E-state index contributed by atoms with van der Waals surface area (Å²) in [6.07, 6.45) is 0. The summed E-state index contributed by atoms with van der Waals surface area (Å²) >= 11 is 0. The van der Waals surface area contributed by atoms with Gasteiger partial charge in [-0.3, -0.25) is 4.90 Å². The van der Waals surface area contributed by atoms with Crippen LogP contribution in [-0.4, -0.2) is 30.1 Å². The average Bonchev–Trinajstić information content (AvgIpc) is 2.56. The minimum atomic E-state index is 0.506. The predicted octanol–water partition coefficient (Wildman–Crippen LogP) is 4.14. The number of benzene rings is 2. The molecule has 0 unspecified atom stereocenters. The lowest BCUT2D eigenvalue weighted by atomic mass is 10.2. The number of hydrogen-bond donors (Lipinski definition) is 2. The highest BCUT2D eigenvalue weighted by Crippen LogP contribution is 2.27. The lowest BCUT2D eigenvalue weighted by Crippen LogP contribution is -2.39. The van der Waals surface area contributed by atoms with Crippen molar-refractivity contribution < 1.29 is 9.47 Å². The van der Waals surface area contributed by atoms with Crippen LogP contribution in [0.1, 0.15) is 27.7 Å². The van der Waals surface area contributed by atoms with Crippen LogP contribution in [0.15, 0.2) is 42.5 Å². The molecule has 0 heterocycles. The Hall–Kier alpha value is -2.40. The molecule has 0 amide bonds. The maximum absolute atomic E-state index is 5.84. The lowest BCUT2D eigenvalue weighted by molar-refractivity contribution is 0.142. The maximum Gasteiger partial charge on any atom is 0.129 e. The fraction of sp³-hybridized carbons (Fsp3) is 0.400. The molecule has 0 saturated carbocycles. The largest absolute Gasteiger partial charge is 0.492 e. The van der Waals surface area contributed by atoms with Crippen LogP contribution in [0, 0.1) is 0 Å². The van der Waals surface area contributed by atoms with E-state index in [0.29, 0.717) is 35.8 Å². The maximum atomic E-state index is 5.84. The Bertz CT molecular complexity index is 661. The van der Waals surface area contributed by atoms with Crippen molar-refractivity contribution in [2.75, 3.05) is 24.6 Å². The quantitative estimate of drug-likeness (QED) is 0.705. The molecule has 0 bridgehead atoms. The molecular weight excluding hydrogens is 314 g/mol. The highest BCUT2D eigenvalue weighted by atomic mass is 16.5. The van der Waals surface area contributed by atoms with Gasteiger partial charge in [-0.1, -0.05) is 0 Å². The number of anilines is 2. The van der Waals surface area contributed by atoms with E-state index in [1.807, 2.05) is 24.3 Å². The van der Waals surface area contributed by atoms with Gasteiger partial charge in [0.15, 0.2) is 0 Å². The molecule has 0 saturated heterocycles. The van der Waals surface area contributed by atoms with E-state index in [1.54, 1.807) is 18.2 Å². The normalized spacial score (nSPS) is 11.3. The number of ether oxygens (including phenoxy) is 2. The Kier molecular flexibility index (Phi) is 6.53. The standard InChI is InChI=1S/C20H29N3O2/c1-14(2)23(15(3)4)11-12-24-16-5-7-17(8-6-16)25-18-9-10-19(21)20(22)13-18/h5-10,13-15H,11-12,21-22H2,1-4H3. The van der Waals surface area contributed by atoms with Gasteiger partial charge in [0.25, 0.3) is 0 Å². The van der Waals surface area contributed by atoms with Gasteiger partial charge in [0.05, 0.1) is 11.4 Å². The van der Waals surface area contributed by atoms with Gasteiger partial charge in [-0.05, 0) is 64.1 Å². The van der Waals surface area contributed by atoms with Gasteiger partial charge in [0.2, 0.25) is 0 Å². The first kappa shape index (κ1) is 18.9. The van der Waals surface area contributed by atoms with Crippen molar-refractivity contribution in [3.05, 3.63) is 42.5 Å². The van der Waals surface area contributed by atoms with Crippen molar-refractivity contribution in [2.24, 2.45) is 0 Å². The van der Waals surface area contributed by atoms with E-state index >= 15 is 0 Å². The van der Waals surface area contributed by atoms with Gasteiger partial charge in [-0.15, -0.1) is 0 Å². The third-order valence-corrected chi connectivity index (χ3v) is 4.06. The minimum Gasteiger partial charge on any atom is -0.492 e. The first-order valence-corrected chi connectivity index (χ1v) is 8.68. The number of hydrogen-bond acceptors (Lipinski definition) is 5. The molecule has 0 aliphatic rings. The van der Waals surface area contributed by atoms with Crippen molar-refractivity contribution in [2.45, 2.75) is 39.8 Å². The third-order valence-electron chi connectivity index (χ3n) is 4.06. The van der Waals surface area contributed by atoms with E-state index in [9.17, 15) is 0 Å². The van der Waals surface area contributed by atoms with Crippen LogP contribution in [0.3, 0.4) is 0 Å². The van der Waals surface area contributed by atoms with E-state index in [4.69, 9.17) is 20.9 Å². The molecule has 5 heteroatoms. The molecule has 136 valence electrons. The van der Waals surface area contributed by atoms with Crippen molar-refractivity contribution in [1.29, 1.82) is 0 Å². The summed E-state index contributed by atoms with van der Waals surface area (Å²) in [6, 6.07) is 13.8. The molecule has 2 aromatic carbocycles. The van der Waals surface area contributed by atoms with Crippen LogP contribution in [-0.2, 0) is 0 Å². The van der Waals surface area contributed by atoms with Crippen LogP contribution in [0.5, 0.6) is 17.2 Å². The summed E-state index contributed by atoms with van der Waals surface area (Å²) < 4.78 is 11.6. The molecule has 0 aromatic heterocycles. The molecule has 0 aliphatic heterocycles. The van der Waals surface area contributed by atoms with E-state index in [-0.39, 0.29) is 0 Å². The van der Waals surface area contributed by atoms with Crippen molar-refractivity contribution in [1.82, 2.24) is 4.90 Å². The fourth-order valence-corrected chi connectivity index (χ4v) is 2.74. The average molecular weight is 343 g/mol. The van der Waals surface area contributed by atoms with E-state index in [0.717, 1.165) is 18.0 Å². The summed E-state index contributed by atoms with van der Waals surface area (Å²) in [5, 5.41) is 0. The molecule has 0 atom stereocenters. The van der Waals surface area contributed by atoms with Gasteiger partial charge in [-0.25, -0.2) is 0 Å². The molecule has 0 radical (unpaired) electrons. The zero-order valence-corrected chi connectivity index (χ0v) is 15.5. The van der Waals surface area contributed by atoms with Gasteiger partial charge >= 0.3 is 0 Å². The number of nitrogens with two attached hydrogens (primary N) is 2. The molecule has 4 N–H and O–H groups in total. The van der Waals surface area contributed by atoms with Crippen LogP contribution in [0.25, 0.3) is 0 Å². The van der Waals surface area contributed by atoms with Crippen molar-refractivity contribution in [3.8, 4) is 17.2 Å². The highest BCUT2D eigenvalue weighted by molar-refractivity contribution is 5.65. The number of nitrogens with zero attached hydrogens (tertiary/aromatic N) is 1. The molecule has 25 heavy (non-hydrogen) atoms. The Morgan fingerprint density at radius 1 is 0.800 bits per heavy atom. The molecule has 5 nitrogen and oxygen atoms in total. The minimum absolute atomic E-state index is 0.506. The first-order chi connectivity index (χ1) is 11.9. The second-order valence-electron chi connectivity index (χ2n) is 6.64. The van der Waals surface area contributed by atoms with Gasteiger partial charge in [0, 0.05) is 24.7 Å². The monoisotopic (exact) mass is 343 g/mol. The molecule has 0 spiro atoms. The topological polar surface area (TPSA) is 73.7 Å². The zero-order chi connectivity index (χ0) is 18.4. The van der Waals surface area contributed by atoms with Crippen LogP contribution in [0.4, 0.5) is 11.4 Å². The third kappa shape index (κ3) is 5.57.